The van der Waals surface area contributed by atoms with Gasteiger partial charge in [-0.05, 0) is 37.0 Å². The molecule has 8 nitrogen and oxygen atoms in total. The van der Waals surface area contributed by atoms with Crippen LogP contribution in [0.2, 0.25) is 0 Å². The number of rotatable bonds is 7. The first-order chi connectivity index (χ1) is 14.0. The molecule has 1 atom stereocenters. The lowest BCUT2D eigenvalue weighted by atomic mass is 10.2. The Bertz CT molecular complexity index is 951. The summed E-state index contributed by atoms with van der Waals surface area (Å²) in [6.45, 7) is 4.03. The summed E-state index contributed by atoms with van der Waals surface area (Å²) in [6, 6.07) is 9.46. The van der Waals surface area contributed by atoms with Crippen molar-refractivity contribution in [2.24, 2.45) is 0 Å². The van der Waals surface area contributed by atoms with Gasteiger partial charge in [-0.25, -0.2) is 4.79 Å². The second-order valence-corrected chi connectivity index (χ2v) is 7.43. The monoisotopic (exact) mass is 417 g/mol. The summed E-state index contributed by atoms with van der Waals surface area (Å²) in [7, 11) is 0. The zero-order valence-corrected chi connectivity index (χ0v) is 17.3. The normalized spacial score (nSPS) is 16.0. The summed E-state index contributed by atoms with van der Waals surface area (Å²) >= 11 is 5.55. The van der Waals surface area contributed by atoms with Gasteiger partial charge in [0.1, 0.15) is 5.82 Å². The lowest BCUT2D eigenvalue weighted by Crippen LogP contribution is -2.48. The molecule has 156 valence electrons. The number of aromatic amines is 1. The smallest absolute Gasteiger partial charge is 0.330 e. The molecule has 29 heavy (non-hydrogen) atoms. The maximum Gasteiger partial charge on any atom is 0.330 e. The van der Waals surface area contributed by atoms with Crippen molar-refractivity contribution in [3.05, 3.63) is 56.7 Å². The van der Waals surface area contributed by atoms with Crippen LogP contribution in [0.1, 0.15) is 31.7 Å². The molecule has 2 heterocycles. The fraction of sp³-hybridized carbons (Fsp3) is 0.450. The van der Waals surface area contributed by atoms with Crippen LogP contribution in [-0.2, 0) is 11.3 Å². The molecule has 1 aromatic heterocycles. The minimum atomic E-state index is -0.560. The number of aromatic nitrogens is 2. The fourth-order valence-corrected chi connectivity index (χ4v) is 3.62. The van der Waals surface area contributed by atoms with Crippen LogP contribution in [0, 0.1) is 0 Å². The molecule has 4 N–H and O–H groups in total. The van der Waals surface area contributed by atoms with Gasteiger partial charge in [0.05, 0.1) is 19.2 Å². The van der Waals surface area contributed by atoms with E-state index in [0.717, 1.165) is 24.8 Å². The van der Waals surface area contributed by atoms with Crippen molar-refractivity contribution < 1.29 is 4.74 Å². The summed E-state index contributed by atoms with van der Waals surface area (Å²) in [5.74, 6) is 0.0845. The number of nitrogens with two attached hydrogens (primary N) is 1. The molecule has 1 aliphatic rings. The summed E-state index contributed by atoms with van der Waals surface area (Å²) < 4.78 is 7.10. The number of anilines is 2. The molecule has 0 saturated carbocycles. The highest BCUT2D eigenvalue weighted by Gasteiger charge is 2.27. The number of H-pyrrole nitrogens is 1. The number of nitrogen functional groups attached to an aromatic ring is 1. The van der Waals surface area contributed by atoms with Gasteiger partial charge < -0.3 is 20.7 Å². The Hall–Kier alpha value is -2.65. The number of nitrogens with one attached hydrogen (secondary N) is 2. The van der Waals surface area contributed by atoms with Gasteiger partial charge >= 0.3 is 5.69 Å². The van der Waals surface area contributed by atoms with Crippen LogP contribution in [0.25, 0.3) is 0 Å². The molecule has 1 aromatic carbocycles. The number of ether oxygens (including phenoxy) is 1. The zero-order valence-electron chi connectivity index (χ0n) is 16.5. The molecule has 0 amide bonds. The molecular formula is C20H27N5O3S. The van der Waals surface area contributed by atoms with Crippen LogP contribution in [0.15, 0.2) is 39.9 Å². The predicted molar refractivity (Wildman–Crippen MR) is 118 cm³/mol. The van der Waals surface area contributed by atoms with Crippen molar-refractivity contribution >= 4 is 28.8 Å². The first-order valence-electron chi connectivity index (χ1n) is 9.84. The van der Waals surface area contributed by atoms with E-state index in [1.54, 1.807) is 4.90 Å². The number of thiocarbonyl (C=S) groups is 1. The average Bonchev–Trinajstić information content (AvgIpc) is 3.22. The third kappa shape index (κ3) is 5.04. The average molecular weight is 418 g/mol. The van der Waals surface area contributed by atoms with Crippen LogP contribution in [-0.4, -0.2) is 40.5 Å². The second-order valence-electron chi connectivity index (χ2n) is 7.04. The highest BCUT2D eigenvalue weighted by molar-refractivity contribution is 7.80. The molecule has 0 spiro atoms. The SMILES string of the molecule is CCCNC(=S)N(C[C@@H]1CCCO1)c1c(N)n(Cc2ccccc2)c(=O)[nH]c1=O. The Balaban J connectivity index is 2.01. The van der Waals surface area contributed by atoms with Crippen LogP contribution in [0.5, 0.6) is 0 Å². The van der Waals surface area contributed by atoms with E-state index in [4.69, 9.17) is 22.7 Å². The van der Waals surface area contributed by atoms with E-state index < -0.39 is 11.2 Å². The maximum atomic E-state index is 12.7. The van der Waals surface area contributed by atoms with Crippen molar-refractivity contribution in [3.63, 3.8) is 0 Å². The van der Waals surface area contributed by atoms with Gasteiger partial charge in [0.2, 0.25) is 0 Å². The number of hydrogen-bond donors (Lipinski definition) is 3. The van der Waals surface area contributed by atoms with Crippen molar-refractivity contribution in [1.82, 2.24) is 14.9 Å². The summed E-state index contributed by atoms with van der Waals surface area (Å²) in [6.07, 6.45) is 2.68. The Morgan fingerprint density at radius 2 is 2.14 bits per heavy atom. The molecule has 0 aliphatic carbocycles. The molecule has 3 rings (SSSR count). The van der Waals surface area contributed by atoms with Crippen LogP contribution >= 0.6 is 12.2 Å². The lowest BCUT2D eigenvalue weighted by Gasteiger charge is -2.29. The summed E-state index contributed by atoms with van der Waals surface area (Å²) in [5.41, 5.74) is 6.31. The van der Waals surface area contributed by atoms with Gasteiger partial charge in [-0.3, -0.25) is 14.3 Å². The second kappa shape index (κ2) is 9.71. The molecule has 9 heteroatoms. The Morgan fingerprint density at radius 1 is 1.38 bits per heavy atom. The molecule has 2 aromatic rings. The molecule has 0 unspecified atom stereocenters. The Morgan fingerprint density at radius 3 is 2.79 bits per heavy atom. The number of benzene rings is 1. The van der Waals surface area contributed by atoms with E-state index in [1.807, 2.05) is 37.3 Å². The third-order valence-electron chi connectivity index (χ3n) is 4.85. The Kier molecular flexibility index (Phi) is 7.05. The zero-order chi connectivity index (χ0) is 20.8. The first kappa shape index (κ1) is 21.1. The largest absolute Gasteiger partial charge is 0.383 e. The van der Waals surface area contributed by atoms with Crippen LogP contribution in [0.3, 0.4) is 0 Å². The molecule has 0 radical (unpaired) electrons. The van der Waals surface area contributed by atoms with Crippen molar-refractivity contribution in [1.29, 1.82) is 0 Å². The van der Waals surface area contributed by atoms with E-state index in [0.29, 0.717) is 24.8 Å². The van der Waals surface area contributed by atoms with Gasteiger partial charge in [-0.1, -0.05) is 37.3 Å². The highest BCUT2D eigenvalue weighted by atomic mass is 32.1. The van der Waals surface area contributed by atoms with Crippen molar-refractivity contribution in [2.45, 2.75) is 38.8 Å². The minimum Gasteiger partial charge on any atom is -0.383 e. The molecule has 0 bridgehead atoms. The fourth-order valence-electron chi connectivity index (χ4n) is 3.36. The first-order valence-corrected chi connectivity index (χ1v) is 10.3. The van der Waals surface area contributed by atoms with E-state index >= 15 is 0 Å². The Labute approximate surface area is 174 Å². The molecule has 1 aliphatic heterocycles. The third-order valence-corrected chi connectivity index (χ3v) is 5.21. The van der Waals surface area contributed by atoms with Gasteiger partial charge in [-0.2, -0.15) is 0 Å². The van der Waals surface area contributed by atoms with Gasteiger partial charge in [-0.15, -0.1) is 0 Å². The van der Waals surface area contributed by atoms with Crippen LogP contribution in [0.4, 0.5) is 11.5 Å². The number of hydrogen-bond acceptors (Lipinski definition) is 5. The molecule has 1 saturated heterocycles. The van der Waals surface area contributed by atoms with Gasteiger partial charge in [0, 0.05) is 13.2 Å². The minimum absolute atomic E-state index is 0.0512. The quantitative estimate of drug-likeness (QED) is 0.586. The van der Waals surface area contributed by atoms with E-state index in [9.17, 15) is 9.59 Å². The lowest BCUT2D eigenvalue weighted by molar-refractivity contribution is 0.117. The van der Waals surface area contributed by atoms with E-state index in [2.05, 4.69) is 10.3 Å². The topological polar surface area (TPSA) is 105 Å². The predicted octanol–water partition coefficient (Wildman–Crippen LogP) is 1.44. The summed E-state index contributed by atoms with van der Waals surface area (Å²) in [4.78, 5) is 29.3. The number of nitrogens with zero attached hydrogens (tertiary/aromatic N) is 2. The van der Waals surface area contributed by atoms with E-state index in [1.165, 1.54) is 4.57 Å². The van der Waals surface area contributed by atoms with Gasteiger partial charge in [0.25, 0.3) is 5.56 Å². The standard InChI is InChI=1S/C20H27N5O3S/c1-2-10-22-20(29)24(13-15-9-6-11-28-15)16-17(21)25(19(27)23-18(16)26)12-14-7-4-3-5-8-14/h3-5,7-8,15H,2,6,9-13,21H2,1H3,(H,22,29)(H,23,26,27)/t15-/m0/s1. The maximum absolute atomic E-state index is 12.7. The van der Waals surface area contributed by atoms with Crippen molar-refractivity contribution in [3.8, 4) is 0 Å². The molecular weight excluding hydrogens is 390 g/mol. The van der Waals surface area contributed by atoms with Gasteiger partial charge in [0.15, 0.2) is 10.8 Å². The van der Waals surface area contributed by atoms with Crippen molar-refractivity contribution in [2.75, 3.05) is 30.3 Å². The molecule has 1 fully saturated rings. The summed E-state index contributed by atoms with van der Waals surface area (Å²) in [5, 5.41) is 3.54. The van der Waals surface area contributed by atoms with E-state index in [-0.39, 0.29) is 24.2 Å². The van der Waals surface area contributed by atoms with Crippen LogP contribution < -0.4 is 27.2 Å². The highest BCUT2D eigenvalue weighted by Crippen LogP contribution is 2.21.